The fourth-order valence-electron chi connectivity index (χ4n) is 3.38. The summed E-state index contributed by atoms with van der Waals surface area (Å²) in [6, 6.07) is 4.99. The molecule has 7 nitrogen and oxygen atoms in total. The molecular formula is C16H21N3O4. The predicted molar refractivity (Wildman–Crippen MR) is 83.9 cm³/mol. The Labute approximate surface area is 134 Å². The Morgan fingerprint density at radius 1 is 1.22 bits per heavy atom. The van der Waals surface area contributed by atoms with Crippen LogP contribution in [-0.4, -0.2) is 58.0 Å². The minimum Gasteiger partial charge on any atom is -0.390 e. The maximum absolute atomic E-state index is 11.6. The number of aliphatic hydroxyl groups excluding tert-OH is 1. The molecule has 1 unspecified atom stereocenters. The number of fused-ring (bicyclic) bond motifs is 1. The van der Waals surface area contributed by atoms with Gasteiger partial charge in [-0.15, -0.1) is 0 Å². The number of nitrogens with zero attached hydrogens (tertiary/aromatic N) is 3. The molecule has 1 N–H and O–H groups in total. The van der Waals surface area contributed by atoms with E-state index >= 15 is 0 Å². The van der Waals surface area contributed by atoms with Crippen LogP contribution >= 0.6 is 0 Å². The lowest BCUT2D eigenvalue weighted by Gasteiger charge is -2.31. The Balaban J connectivity index is 1.59. The van der Waals surface area contributed by atoms with Gasteiger partial charge in [-0.2, -0.15) is 0 Å². The van der Waals surface area contributed by atoms with Gasteiger partial charge in [-0.1, -0.05) is 6.07 Å². The lowest BCUT2D eigenvalue weighted by atomic mass is 9.99. The number of β-amino-alcohol motifs (C(OH)–C–C–N with tert-alkyl or cyclic N) is 1. The molecule has 2 aliphatic heterocycles. The molecule has 1 saturated heterocycles. The number of hydrogen-bond donors (Lipinski definition) is 1. The average Bonchev–Trinajstić information content (AvgIpc) is 2.91. The molecule has 1 aromatic carbocycles. The van der Waals surface area contributed by atoms with Gasteiger partial charge in [-0.05, 0) is 24.0 Å². The lowest BCUT2D eigenvalue weighted by Crippen LogP contribution is -2.42. The lowest BCUT2D eigenvalue weighted by molar-refractivity contribution is -0.385. The Morgan fingerprint density at radius 3 is 2.74 bits per heavy atom. The Morgan fingerprint density at radius 2 is 2.04 bits per heavy atom. The van der Waals surface area contributed by atoms with Crippen LogP contribution in [0.1, 0.15) is 24.0 Å². The number of non-ortho nitro benzene ring substituents is 1. The van der Waals surface area contributed by atoms with Gasteiger partial charge in [0.15, 0.2) is 0 Å². The zero-order chi connectivity index (χ0) is 16.4. The van der Waals surface area contributed by atoms with Crippen LogP contribution in [-0.2, 0) is 17.8 Å². The zero-order valence-corrected chi connectivity index (χ0v) is 13.0. The topological polar surface area (TPSA) is 86.9 Å². The van der Waals surface area contributed by atoms with Crippen LogP contribution < -0.4 is 0 Å². The third kappa shape index (κ3) is 3.68. The number of nitro benzene ring substituents is 1. The highest BCUT2D eigenvalue weighted by Gasteiger charge is 2.25. The van der Waals surface area contributed by atoms with E-state index < -0.39 is 6.10 Å². The molecule has 1 atom stereocenters. The molecule has 0 spiro atoms. The number of likely N-dealkylation sites (tertiary alicyclic amines) is 1. The summed E-state index contributed by atoms with van der Waals surface area (Å²) in [6.45, 7) is 2.99. The predicted octanol–water partition coefficient (Wildman–Crippen LogP) is 0.936. The van der Waals surface area contributed by atoms with Gasteiger partial charge in [0.25, 0.3) is 5.69 Å². The summed E-state index contributed by atoms with van der Waals surface area (Å²) in [6.07, 6.45) is 1.68. The number of benzene rings is 1. The molecule has 3 rings (SSSR count). The SMILES string of the molecule is O=C1CCCN1CC(O)CN1CCc2ccc([N+](=O)[O-])cc2C1. The Hall–Kier alpha value is -1.99. The van der Waals surface area contributed by atoms with Gasteiger partial charge in [0.2, 0.25) is 5.91 Å². The zero-order valence-electron chi connectivity index (χ0n) is 13.0. The molecule has 0 aliphatic carbocycles. The quantitative estimate of drug-likeness (QED) is 0.644. The molecule has 1 fully saturated rings. The minimum absolute atomic E-state index is 0.105. The van der Waals surface area contributed by atoms with Crippen LogP contribution in [0, 0.1) is 10.1 Å². The van der Waals surface area contributed by atoms with Gasteiger partial charge in [-0.25, -0.2) is 0 Å². The van der Waals surface area contributed by atoms with Gasteiger partial charge in [0.1, 0.15) is 0 Å². The van der Waals surface area contributed by atoms with E-state index in [0.29, 0.717) is 26.1 Å². The Kier molecular flexibility index (Phi) is 4.58. The highest BCUT2D eigenvalue weighted by molar-refractivity contribution is 5.78. The first-order chi connectivity index (χ1) is 11.0. The van der Waals surface area contributed by atoms with Gasteiger partial charge in [-0.3, -0.25) is 19.8 Å². The number of hydrogen-bond acceptors (Lipinski definition) is 5. The molecule has 1 aromatic rings. The van der Waals surface area contributed by atoms with Crippen LogP contribution in [0.4, 0.5) is 5.69 Å². The second-order valence-corrected chi connectivity index (χ2v) is 6.29. The number of carbonyl (C=O) groups is 1. The molecule has 0 bridgehead atoms. The van der Waals surface area contributed by atoms with Gasteiger partial charge in [0, 0.05) is 51.3 Å². The fraction of sp³-hybridized carbons (Fsp3) is 0.562. The summed E-state index contributed by atoms with van der Waals surface area (Å²) in [5.41, 5.74) is 2.19. The Bertz CT molecular complexity index is 619. The van der Waals surface area contributed by atoms with E-state index in [0.717, 1.165) is 37.1 Å². The van der Waals surface area contributed by atoms with Crippen LogP contribution in [0.2, 0.25) is 0 Å². The normalized spacial score (nSPS) is 19.7. The summed E-state index contributed by atoms with van der Waals surface area (Å²) in [7, 11) is 0. The van der Waals surface area contributed by atoms with E-state index in [1.165, 1.54) is 0 Å². The summed E-state index contributed by atoms with van der Waals surface area (Å²) < 4.78 is 0. The molecule has 7 heteroatoms. The van der Waals surface area contributed by atoms with Crippen molar-refractivity contribution in [1.82, 2.24) is 9.80 Å². The third-order valence-electron chi connectivity index (χ3n) is 4.56. The standard InChI is InChI=1S/C16H21N3O4/c20-15(11-18-6-1-2-16(18)21)10-17-7-5-12-3-4-14(19(22)23)8-13(12)9-17/h3-4,8,15,20H,1-2,5-7,9-11H2. The number of aliphatic hydroxyl groups is 1. The molecule has 2 heterocycles. The molecule has 1 amide bonds. The molecule has 0 aromatic heterocycles. The van der Waals surface area contributed by atoms with Crippen molar-refractivity contribution < 1.29 is 14.8 Å². The van der Waals surface area contributed by atoms with Crippen molar-refractivity contribution in [2.75, 3.05) is 26.2 Å². The van der Waals surface area contributed by atoms with E-state index in [4.69, 9.17) is 0 Å². The molecule has 124 valence electrons. The molecule has 2 aliphatic rings. The van der Waals surface area contributed by atoms with Crippen molar-refractivity contribution in [2.24, 2.45) is 0 Å². The molecular weight excluding hydrogens is 298 g/mol. The smallest absolute Gasteiger partial charge is 0.269 e. The monoisotopic (exact) mass is 319 g/mol. The molecule has 0 radical (unpaired) electrons. The van der Waals surface area contributed by atoms with E-state index in [2.05, 4.69) is 4.90 Å². The first kappa shape index (κ1) is 15.9. The van der Waals surface area contributed by atoms with Crippen molar-refractivity contribution in [3.05, 3.63) is 39.4 Å². The summed E-state index contributed by atoms with van der Waals surface area (Å²) >= 11 is 0. The molecule has 23 heavy (non-hydrogen) atoms. The van der Waals surface area contributed by atoms with E-state index in [-0.39, 0.29) is 16.5 Å². The first-order valence-corrected chi connectivity index (χ1v) is 7.97. The molecule has 0 saturated carbocycles. The van der Waals surface area contributed by atoms with Crippen molar-refractivity contribution in [3.8, 4) is 0 Å². The van der Waals surface area contributed by atoms with Crippen molar-refractivity contribution in [1.29, 1.82) is 0 Å². The van der Waals surface area contributed by atoms with Gasteiger partial charge < -0.3 is 10.0 Å². The van der Waals surface area contributed by atoms with Crippen molar-refractivity contribution >= 4 is 11.6 Å². The van der Waals surface area contributed by atoms with Crippen molar-refractivity contribution in [2.45, 2.75) is 31.9 Å². The fourth-order valence-corrected chi connectivity index (χ4v) is 3.38. The average molecular weight is 319 g/mol. The summed E-state index contributed by atoms with van der Waals surface area (Å²) in [4.78, 5) is 25.9. The number of amides is 1. The van der Waals surface area contributed by atoms with Gasteiger partial charge in [0.05, 0.1) is 11.0 Å². The van der Waals surface area contributed by atoms with Crippen molar-refractivity contribution in [3.63, 3.8) is 0 Å². The maximum Gasteiger partial charge on any atom is 0.269 e. The van der Waals surface area contributed by atoms with E-state index in [9.17, 15) is 20.0 Å². The van der Waals surface area contributed by atoms with Crippen LogP contribution in [0.3, 0.4) is 0 Å². The third-order valence-corrected chi connectivity index (χ3v) is 4.56. The van der Waals surface area contributed by atoms with Crippen LogP contribution in [0.5, 0.6) is 0 Å². The summed E-state index contributed by atoms with van der Waals surface area (Å²) in [5.74, 6) is 0.115. The number of nitro groups is 1. The maximum atomic E-state index is 11.6. The van der Waals surface area contributed by atoms with Gasteiger partial charge >= 0.3 is 0 Å². The van der Waals surface area contributed by atoms with E-state index in [1.807, 2.05) is 6.07 Å². The second kappa shape index (κ2) is 6.64. The number of carbonyl (C=O) groups excluding carboxylic acids is 1. The van der Waals surface area contributed by atoms with Crippen LogP contribution in [0.15, 0.2) is 18.2 Å². The van der Waals surface area contributed by atoms with Crippen LogP contribution in [0.25, 0.3) is 0 Å². The van der Waals surface area contributed by atoms with E-state index in [1.54, 1.807) is 17.0 Å². The number of rotatable bonds is 5. The summed E-state index contributed by atoms with van der Waals surface area (Å²) in [5, 5.41) is 21.1. The first-order valence-electron chi connectivity index (χ1n) is 7.97. The second-order valence-electron chi connectivity index (χ2n) is 6.29. The largest absolute Gasteiger partial charge is 0.390 e. The minimum atomic E-state index is -0.586. The highest BCUT2D eigenvalue weighted by atomic mass is 16.6. The highest BCUT2D eigenvalue weighted by Crippen LogP contribution is 2.24.